The van der Waals surface area contributed by atoms with E-state index in [1.807, 2.05) is 6.07 Å². The molecule has 0 radical (unpaired) electrons. The number of carboxylic acid groups (broad SMARTS) is 1. The van der Waals surface area contributed by atoms with Gasteiger partial charge in [0.2, 0.25) is 0 Å². The zero-order valence-electron chi connectivity index (χ0n) is 6.97. The Kier molecular flexibility index (Phi) is 3.03. The first-order chi connectivity index (χ1) is 6.24. The molecule has 0 saturated carbocycles. The van der Waals surface area contributed by atoms with E-state index >= 15 is 0 Å². The number of hydrogen-bond donors (Lipinski definition) is 1. The number of rotatable bonds is 4. The molecule has 1 rings (SSSR count). The summed E-state index contributed by atoms with van der Waals surface area (Å²) in [7, 11) is 0. The van der Waals surface area contributed by atoms with Crippen molar-refractivity contribution >= 4 is 5.97 Å². The zero-order valence-corrected chi connectivity index (χ0v) is 6.97. The van der Waals surface area contributed by atoms with E-state index in [0.717, 1.165) is 0 Å². The van der Waals surface area contributed by atoms with Crippen molar-refractivity contribution in [3.8, 4) is 6.07 Å². The molecule has 0 aliphatic heterocycles. The Hall–Kier alpha value is -1.83. The molecule has 0 spiro atoms. The van der Waals surface area contributed by atoms with E-state index in [1.165, 1.54) is 10.7 Å². The molecule has 0 aliphatic rings. The fraction of sp³-hybridized carbons (Fsp3) is 0.375. The summed E-state index contributed by atoms with van der Waals surface area (Å²) in [5.74, 6) is -1.03. The number of aromatic nitrogens is 2. The maximum atomic E-state index is 10.4. The summed E-state index contributed by atoms with van der Waals surface area (Å²) in [5, 5.41) is 20.6. The van der Waals surface area contributed by atoms with E-state index in [9.17, 15) is 4.79 Å². The van der Waals surface area contributed by atoms with Crippen molar-refractivity contribution in [1.29, 1.82) is 5.26 Å². The number of nitriles is 1. The summed E-state index contributed by atoms with van der Waals surface area (Å²) in [4.78, 5) is 10.4. The maximum absolute atomic E-state index is 10.4. The van der Waals surface area contributed by atoms with E-state index in [2.05, 4.69) is 5.10 Å². The molecule has 68 valence electrons. The number of aryl methyl sites for hydroxylation is 1. The van der Waals surface area contributed by atoms with Gasteiger partial charge in [0.05, 0.1) is 6.07 Å². The Morgan fingerprint density at radius 1 is 1.77 bits per heavy atom. The van der Waals surface area contributed by atoms with Gasteiger partial charge >= 0.3 is 5.97 Å². The van der Waals surface area contributed by atoms with Crippen molar-refractivity contribution < 1.29 is 9.90 Å². The van der Waals surface area contributed by atoms with Crippen molar-refractivity contribution in [2.24, 2.45) is 0 Å². The van der Waals surface area contributed by atoms with Gasteiger partial charge in [0.1, 0.15) is 0 Å². The monoisotopic (exact) mass is 179 g/mol. The molecule has 0 bridgehead atoms. The summed E-state index contributed by atoms with van der Waals surface area (Å²) in [6.45, 7) is 0.584. The van der Waals surface area contributed by atoms with Gasteiger partial charge in [0, 0.05) is 19.2 Å². The largest absolute Gasteiger partial charge is 0.476 e. The predicted molar refractivity (Wildman–Crippen MR) is 44.0 cm³/mol. The average molecular weight is 179 g/mol. The molecule has 5 nitrogen and oxygen atoms in total. The second-order valence-corrected chi connectivity index (χ2v) is 2.53. The van der Waals surface area contributed by atoms with Crippen LogP contribution in [0.4, 0.5) is 0 Å². The van der Waals surface area contributed by atoms with Crippen molar-refractivity contribution in [3.05, 3.63) is 18.0 Å². The van der Waals surface area contributed by atoms with Gasteiger partial charge in [-0.3, -0.25) is 4.68 Å². The summed E-state index contributed by atoms with van der Waals surface area (Å²) in [6, 6.07) is 3.45. The first-order valence-electron chi connectivity index (χ1n) is 3.87. The number of nitrogens with zero attached hydrogens (tertiary/aromatic N) is 3. The van der Waals surface area contributed by atoms with Crippen molar-refractivity contribution in [2.75, 3.05) is 0 Å². The molecule has 1 N–H and O–H groups in total. The SMILES string of the molecule is N#CCCCn1ccc(C(=O)O)n1. The Balaban J connectivity index is 2.50. The minimum Gasteiger partial charge on any atom is -0.476 e. The molecule has 0 unspecified atom stereocenters. The lowest BCUT2D eigenvalue weighted by molar-refractivity contribution is 0.0689. The number of hydrogen-bond acceptors (Lipinski definition) is 3. The molecule has 0 saturated heterocycles. The molecule has 0 atom stereocenters. The number of aromatic carboxylic acids is 1. The Labute approximate surface area is 75.2 Å². The lowest BCUT2D eigenvalue weighted by Gasteiger charge is -1.96. The van der Waals surface area contributed by atoms with Crippen LogP contribution in [-0.2, 0) is 6.54 Å². The highest BCUT2D eigenvalue weighted by molar-refractivity contribution is 5.84. The second kappa shape index (κ2) is 4.26. The summed E-state index contributed by atoms with van der Waals surface area (Å²) in [6.07, 6.45) is 2.75. The molecule has 1 aromatic rings. The summed E-state index contributed by atoms with van der Waals surface area (Å²) in [5.41, 5.74) is 0.0388. The number of carbonyl (C=O) groups is 1. The summed E-state index contributed by atoms with van der Waals surface area (Å²) >= 11 is 0. The van der Waals surface area contributed by atoms with Gasteiger partial charge < -0.3 is 5.11 Å². The zero-order chi connectivity index (χ0) is 9.68. The molecular weight excluding hydrogens is 170 g/mol. The molecule has 0 aromatic carbocycles. The van der Waals surface area contributed by atoms with Crippen LogP contribution in [0, 0.1) is 11.3 Å². The van der Waals surface area contributed by atoms with Gasteiger partial charge in [0.25, 0.3) is 0 Å². The standard InChI is InChI=1S/C8H9N3O2/c9-4-1-2-5-11-6-3-7(10-11)8(12)13/h3,6H,1-2,5H2,(H,12,13). The Morgan fingerprint density at radius 3 is 3.08 bits per heavy atom. The molecule has 1 heterocycles. The number of unbranched alkanes of at least 4 members (excludes halogenated alkanes) is 1. The third-order valence-electron chi connectivity index (χ3n) is 1.54. The minimum absolute atomic E-state index is 0.0388. The van der Waals surface area contributed by atoms with Crippen LogP contribution in [0.2, 0.25) is 0 Å². The van der Waals surface area contributed by atoms with Crippen LogP contribution in [0.1, 0.15) is 23.3 Å². The third kappa shape index (κ3) is 2.60. The lowest BCUT2D eigenvalue weighted by atomic mass is 10.3. The molecule has 0 aliphatic carbocycles. The van der Waals surface area contributed by atoms with Crippen LogP contribution >= 0.6 is 0 Å². The first-order valence-corrected chi connectivity index (χ1v) is 3.87. The van der Waals surface area contributed by atoms with Gasteiger partial charge in [-0.15, -0.1) is 0 Å². The fourth-order valence-electron chi connectivity index (χ4n) is 0.920. The molecule has 13 heavy (non-hydrogen) atoms. The van der Waals surface area contributed by atoms with Gasteiger partial charge in [0.15, 0.2) is 5.69 Å². The second-order valence-electron chi connectivity index (χ2n) is 2.53. The third-order valence-corrected chi connectivity index (χ3v) is 1.54. The van der Waals surface area contributed by atoms with Crippen LogP contribution in [0.15, 0.2) is 12.3 Å². The number of carboxylic acids is 1. The maximum Gasteiger partial charge on any atom is 0.356 e. The Morgan fingerprint density at radius 2 is 2.54 bits per heavy atom. The van der Waals surface area contributed by atoms with E-state index in [0.29, 0.717) is 19.4 Å². The minimum atomic E-state index is -1.03. The quantitative estimate of drug-likeness (QED) is 0.696. The Bertz CT molecular complexity index is 337. The normalized spacial score (nSPS) is 9.46. The highest BCUT2D eigenvalue weighted by atomic mass is 16.4. The van der Waals surface area contributed by atoms with Crippen LogP contribution < -0.4 is 0 Å². The van der Waals surface area contributed by atoms with Crippen molar-refractivity contribution in [2.45, 2.75) is 19.4 Å². The first kappa shape index (κ1) is 9.26. The lowest BCUT2D eigenvalue weighted by Crippen LogP contribution is -2.02. The van der Waals surface area contributed by atoms with Crippen LogP contribution in [0.3, 0.4) is 0 Å². The average Bonchev–Trinajstić information content (AvgIpc) is 2.53. The predicted octanol–water partition coefficient (Wildman–Crippen LogP) is 0.885. The van der Waals surface area contributed by atoms with E-state index in [4.69, 9.17) is 10.4 Å². The molecule has 0 fully saturated rings. The molecule has 0 amide bonds. The van der Waals surface area contributed by atoms with Crippen LogP contribution in [-0.4, -0.2) is 20.9 Å². The molecule has 1 aromatic heterocycles. The van der Waals surface area contributed by atoms with Gasteiger partial charge in [-0.2, -0.15) is 10.4 Å². The summed E-state index contributed by atoms with van der Waals surface area (Å²) < 4.78 is 1.53. The van der Waals surface area contributed by atoms with E-state index in [-0.39, 0.29) is 5.69 Å². The van der Waals surface area contributed by atoms with Gasteiger partial charge in [-0.25, -0.2) is 4.79 Å². The topological polar surface area (TPSA) is 78.9 Å². The van der Waals surface area contributed by atoms with Crippen molar-refractivity contribution in [3.63, 3.8) is 0 Å². The van der Waals surface area contributed by atoms with Crippen LogP contribution in [0.5, 0.6) is 0 Å². The molecule has 5 heteroatoms. The highest BCUT2D eigenvalue weighted by Gasteiger charge is 2.05. The van der Waals surface area contributed by atoms with Gasteiger partial charge in [-0.05, 0) is 12.5 Å². The van der Waals surface area contributed by atoms with Gasteiger partial charge in [-0.1, -0.05) is 0 Å². The van der Waals surface area contributed by atoms with E-state index < -0.39 is 5.97 Å². The van der Waals surface area contributed by atoms with E-state index in [1.54, 1.807) is 6.20 Å². The highest BCUT2D eigenvalue weighted by Crippen LogP contribution is 1.98. The van der Waals surface area contributed by atoms with Crippen molar-refractivity contribution in [1.82, 2.24) is 9.78 Å². The molecular formula is C8H9N3O2. The fourth-order valence-corrected chi connectivity index (χ4v) is 0.920. The van der Waals surface area contributed by atoms with Crippen LogP contribution in [0.25, 0.3) is 0 Å². The smallest absolute Gasteiger partial charge is 0.356 e.